The van der Waals surface area contributed by atoms with Gasteiger partial charge in [0.2, 0.25) is 41.4 Å². The molecule has 0 radical (unpaired) electrons. The molecule has 95 heavy (non-hydrogen) atoms. The normalized spacial score (nSPS) is 24.5. The fourth-order valence-electron chi connectivity index (χ4n) is 10.9. The number of aromatic hydroxyl groups is 1. The van der Waals surface area contributed by atoms with E-state index in [-0.39, 0.29) is 23.5 Å². The Balaban J connectivity index is 1.03. The lowest BCUT2D eigenvalue weighted by Gasteiger charge is -2.34. The summed E-state index contributed by atoms with van der Waals surface area (Å²) in [6, 6.07) is 13.5. The van der Waals surface area contributed by atoms with Crippen LogP contribution in [0.3, 0.4) is 0 Å². The van der Waals surface area contributed by atoms with E-state index in [0.29, 0.717) is 34.5 Å². The Hall–Kier alpha value is -8.65. The highest BCUT2D eigenvalue weighted by molar-refractivity contribution is 7.90. The highest BCUT2D eigenvalue weighted by Crippen LogP contribution is 2.35. The maximum atomic E-state index is 14.7. The van der Waals surface area contributed by atoms with Gasteiger partial charge in [-0.1, -0.05) is 64.0 Å². The minimum absolute atomic E-state index is 0.0197. The van der Waals surface area contributed by atoms with Crippen molar-refractivity contribution in [3.8, 4) is 44.1 Å². The monoisotopic (exact) mass is 1360 g/mol. The molecule has 14 atom stereocenters. The molecule has 0 aliphatic carbocycles. The van der Waals surface area contributed by atoms with Crippen molar-refractivity contribution in [2.24, 2.45) is 11.7 Å². The molecule has 512 valence electrons. The van der Waals surface area contributed by atoms with Crippen LogP contribution in [-0.2, 0) is 42.9 Å². The summed E-state index contributed by atoms with van der Waals surface area (Å²) in [6.45, 7) is 1.80. The van der Waals surface area contributed by atoms with Crippen LogP contribution in [-0.4, -0.2) is 219 Å². The fraction of sp³-hybridized carbons (Fsp3) is 0.443. The standard InChI is InChI=1S/C61H74N10O22S2/c1-30-28-71-49(50(30)78)57(85)63-27-36(73)24-40(64-53(81)32-11-13-33(14-12-32)58-68-69-59(94-58)34-15-18-39(19-16-34)90-22-8-4-7-21-89-38-9-5-3-6-10-38)54(82)65-46(31(2)72)60(86)70-29-37(74)25-41(70)55(83)67-48(56(84)66-47(61(71)87)43(76)26-45(62)77)52(80)51(79)35-17-20-42(75)44(23-35)91-95-93-92-88/h3,5-6,9-20,23,30-31,36-37,40-41,43,46-52,72-76,78-80,88H,4,7-8,21-22,24-29H2,1-2H3,(H2,62,77)(H,63,85)(H,64,81)(H,65,82)(H,66,84)(H,67,83)/t30?,31?,36?,37?,40-,41?,43?,46?,47?,48?,49?,50?,51?,52?/m0/s1. The molecule has 0 bridgehead atoms. The lowest BCUT2D eigenvalue weighted by Crippen LogP contribution is -2.64. The predicted molar refractivity (Wildman–Crippen MR) is 333 cm³/mol. The Bertz CT molecular complexity index is 3470. The minimum Gasteiger partial charge on any atom is -0.504 e. The van der Waals surface area contributed by atoms with Gasteiger partial charge in [-0.25, -0.2) is 5.26 Å². The van der Waals surface area contributed by atoms with Crippen LogP contribution in [0.1, 0.15) is 74.4 Å². The zero-order valence-electron chi connectivity index (χ0n) is 51.1. The first kappa shape index (κ1) is 72.2. The number of carbonyl (C=O) groups is 8. The van der Waals surface area contributed by atoms with Crippen LogP contribution in [0.25, 0.3) is 21.1 Å². The van der Waals surface area contributed by atoms with Crippen molar-refractivity contribution in [3.05, 3.63) is 108 Å². The molecule has 0 spiro atoms. The molecule has 8 rings (SSSR count). The fourth-order valence-corrected chi connectivity index (χ4v) is 12.0. The number of aromatic nitrogens is 2. The number of fused-ring (bicyclic) bond motifs is 2. The van der Waals surface area contributed by atoms with Crippen LogP contribution in [0.4, 0.5) is 0 Å². The van der Waals surface area contributed by atoms with Gasteiger partial charge in [0.05, 0.1) is 50.2 Å². The number of aliphatic hydroxyl groups is 7. The average Bonchev–Trinajstić information content (AvgIpc) is 1.96. The summed E-state index contributed by atoms with van der Waals surface area (Å²) in [7, 11) is 0. The third kappa shape index (κ3) is 18.9. The van der Waals surface area contributed by atoms with E-state index in [1.807, 2.05) is 54.6 Å². The zero-order chi connectivity index (χ0) is 68.6. The van der Waals surface area contributed by atoms with Crippen molar-refractivity contribution >= 4 is 70.9 Å². The molecule has 34 heteroatoms. The van der Waals surface area contributed by atoms with Crippen molar-refractivity contribution in [1.82, 2.24) is 46.6 Å². The third-order valence-corrected chi connectivity index (χ3v) is 17.3. The number of aliphatic hydroxyl groups excluding tert-OH is 7. The van der Waals surface area contributed by atoms with Crippen molar-refractivity contribution in [3.63, 3.8) is 0 Å². The number of phenolic OH excluding ortho intramolecular Hbond substituents is 1. The second-order valence-electron chi connectivity index (χ2n) is 22.9. The lowest BCUT2D eigenvalue weighted by atomic mass is 9.96. The summed E-state index contributed by atoms with van der Waals surface area (Å²) in [4.78, 5) is 115. The minimum atomic E-state index is -2.53. The first-order valence-corrected chi connectivity index (χ1v) is 31.6. The number of nitrogens with two attached hydrogens (primary N) is 1. The number of primary amides is 1. The van der Waals surface area contributed by atoms with Crippen molar-refractivity contribution in [2.75, 3.05) is 32.8 Å². The molecule has 1 aromatic heterocycles. The molecule has 32 nitrogen and oxygen atoms in total. The van der Waals surface area contributed by atoms with Gasteiger partial charge in [0.25, 0.3) is 18.2 Å². The lowest BCUT2D eigenvalue weighted by molar-refractivity contribution is -0.433. The maximum Gasteiger partial charge on any atom is 0.261 e. The number of para-hydroxylation sites is 1. The molecule has 3 saturated heterocycles. The third-order valence-electron chi connectivity index (χ3n) is 15.9. The van der Waals surface area contributed by atoms with E-state index < -0.39 is 183 Å². The van der Waals surface area contributed by atoms with E-state index in [2.05, 4.69) is 46.2 Å². The number of hydrogen-bond acceptors (Lipinski definition) is 26. The van der Waals surface area contributed by atoms with Crippen molar-refractivity contribution in [1.29, 1.82) is 0 Å². The van der Waals surface area contributed by atoms with Gasteiger partial charge < -0.3 is 96.6 Å². The predicted octanol–water partition coefficient (Wildman–Crippen LogP) is -1.12. The molecule has 16 N–H and O–H groups in total. The quantitative estimate of drug-likeness (QED) is 0.0159. The van der Waals surface area contributed by atoms with Crippen LogP contribution in [0.2, 0.25) is 0 Å². The number of β-amino-alcohol motifs (C(OH)–C–C–N with tert-alkyl or cyclic N) is 1. The maximum absolute atomic E-state index is 14.7. The van der Waals surface area contributed by atoms with Gasteiger partial charge in [0.15, 0.2) is 11.5 Å². The van der Waals surface area contributed by atoms with Crippen LogP contribution in [0, 0.1) is 5.92 Å². The van der Waals surface area contributed by atoms with Gasteiger partial charge >= 0.3 is 0 Å². The molecular formula is C61H74N10O22S2. The second kappa shape index (κ2) is 33.6. The van der Waals surface area contributed by atoms with Crippen molar-refractivity contribution in [2.45, 2.75) is 131 Å². The first-order valence-electron chi connectivity index (χ1n) is 30.1. The summed E-state index contributed by atoms with van der Waals surface area (Å²) in [5, 5.41) is 124. The van der Waals surface area contributed by atoms with Gasteiger partial charge in [-0.05, 0) is 92.4 Å². The smallest absolute Gasteiger partial charge is 0.261 e. The molecule has 3 aliphatic rings. The Morgan fingerprint density at radius 1 is 0.726 bits per heavy atom. The number of amides is 8. The van der Waals surface area contributed by atoms with Gasteiger partial charge in [-0.15, -0.1) is 10.2 Å². The number of nitrogens with one attached hydrogen (secondary N) is 5. The van der Waals surface area contributed by atoms with E-state index in [0.717, 1.165) is 65.5 Å². The van der Waals surface area contributed by atoms with Gasteiger partial charge in [-0.2, -0.15) is 0 Å². The zero-order valence-corrected chi connectivity index (χ0v) is 52.7. The van der Waals surface area contributed by atoms with E-state index >= 15 is 0 Å². The number of phenols is 1. The molecule has 4 aromatic carbocycles. The summed E-state index contributed by atoms with van der Waals surface area (Å²) in [6.07, 6.45) is -13.5. The van der Waals surface area contributed by atoms with Crippen LogP contribution >= 0.6 is 23.7 Å². The summed E-state index contributed by atoms with van der Waals surface area (Å²) >= 11 is 1.24. The number of ether oxygens (including phenoxy) is 2. The molecular weight excluding hydrogens is 1290 g/mol. The Labute approximate surface area is 550 Å². The van der Waals surface area contributed by atoms with E-state index in [1.165, 1.54) is 30.4 Å². The molecule has 13 unspecified atom stereocenters. The Morgan fingerprint density at radius 2 is 1.34 bits per heavy atom. The number of unbranched alkanes of at least 4 members (excludes halogenated alkanes) is 2. The molecule has 3 aliphatic heterocycles. The van der Waals surface area contributed by atoms with Gasteiger partial charge in [0.1, 0.15) is 70.0 Å². The summed E-state index contributed by atoms with van der Waals surface area (Å²) < 4.78 is 20.9. The average molecular weight is 1360 g/mol. The number of nitrogens with zero attached hydrogens (tertiary/aromatic N) is 4. The molecule has 0 saturated carbocycles. The Morgan fingerprint density at radius 3 is 1.97 bits per heavy atom. The van der Waals surface area contributed by atoms with E-state index in [4.69, 9.17) is 24.6 Å². The van der Waals surface area contributed by atoms with Gasteiger partial charge in [-0.3, -0.25) is 38.4 Å². The first-order chi connectivity index (χ1) is 45.4. The number of carbonyl (C=O) groups excluding carboxylic acids is 8. The highest BCUT2D eigenvalue weighted by atomic mass is 32.2. The number of benzene rings is 4. The second-order valence-corrected chi connectivity index (χ2v) is 24.4. The van der Waals surface area contributed by atoms with Crippen molar-refractivity contribution < 1.29 is 107 Å². The Kier molecular flexibility index (Phi) is 25.6. The van der Waals surface area contributed by atoms with E-state index in [9.17, 15) is 79.2 Å². The SMILES string of the molecule is CC(O)C1NC(=O)[C@@H](NC(=O)c2ccc(-c3nnc(-c4ccc(OCCCCCOc5ccccc5)cc4)s3)cc2)CC(O)CNC(=O)C2C(O)C(C)CN2C(=O)C(C(O)CC(N)=O)NC(=O)C(C(O)C(O)c2ccc(O)c(OSOOO)c2)NC(=O)C2CC(O)CN2C1=O. The van der Waals surface area contributed by atoms with E-state index in [1.54, 1.807) is 12.1 Å². The molecule has 3 fully saturated rings. The van der Waals surface area contributed by atoms with Crippen LogP contribution in [0.5, 0.6) is 23.0 Å². The van der Waals surface area contributed by atoms with Gasteiger partial charge in [0, 0.05) is 55.1 Å². The largest absolute Gasteiger partial charge is 0.504 e. The molecule has 8 amide bonds. The molecule has 4 heterocycles. The van der Waals surface area contributed by atoms with Crippen LogP contribution in [0.15, 0.2) is 97.1 Å². The molecule has 5 aromatic rings. The number of hydrogen-bond donors (Lipinski definition) is 15. The topological polar surface area (TPSA) is 483 Å². The summed E-state index contributed by atoms with van der Waals surface area (Å²) in [5.74, 6) is -10.5. The highest BCUT2D eigenvalue weighted by Gasteiger charge is 2.50. The van der Waals surface area contributed by atoms with Crippen LogP contribution < -0.4 is 46.0 Å². The number of rotatable bonds is 23. The summed E-state index contributed by atoms with van der Waals surface area (Å²) in [5.41, 5.74) is 6.35.